The summed E-state index contributed by atoms with van der Waals surface area (Å²) in [6, 6.07) is 4.74. The number of rotatable bonds is 5. The van der Waals surface area contributed by atoms with Gasteiger partial charge in [-0.15, -0.1) is 0 Å². The summed E-state index contributed by atoms with van der Waals surface area (Å²) in [6.07, 6.45) is 1.42. The van der Waals surface area contributed by atoms with Gasteiger partial charge in [-0.25, -0.2) is 27.7 Å². The molecule has 2 aromatic rings. The summed E-state index contributed by atoms with van der Waals surface area (Å²) in [5, 5.41) is 18.0. The van der Waals surface area contributed by atoms with Crippen LogP contribution in [0.15, 0.2) is 34.3 Å². The molecular formula is C13H6F3NO4S2. The number of aromatic carboxylic acids is 2. The molecule has 0 atom stereocenters. The van der Waals surface area contributed by atoms with Crippen LogP contribution in [0.2, 0.25) is 0 Å². The van der Waals surface area contributed by atoms with Gasteiger partial charge in [0.2, 0.25) is 0 Å². The molecule has 0 fully saturated rings. The molecule has 0 saturated carbocycles. The third kappa shape index (κ3) is 3.42. The number of carbonyl (C=O) groups is 2. The molecule has 1 aromatic carbocycles. The summed E-state index contributed by atoms with van der Waals surface area (Å²) >= 11 is 0. The van der Waals surface area contributed by atoms with E-state index >= 15 is 0 Å². The quantitative estimate of drug-likeness (QED) is 0.620. The van der Waals surface area contributed by atoms with Gasteiger partial charge in [0.15, 0.2) is 17.5 Å². The minimum Gasteiger partial charge on any atom is -0.478 e. The number of hydrogen-bond acceptors (Lipinski definition) is 5. The van der Waals surface area contributed by atoms with Gasteiger partial charge < -0.3 is 10.2 Å². The molecule has 10 heteroatoms. The predicted octanol–water partition coefficient (Wildman–Crippen LogP) is 3.69. The molecule has 2 N–H and O–H groups in total. The van der Waals surface area contributed by atoms with Crippen molar-refractivity contribution >= 4 is 33.5 Å². The summed E-state index contributed by atoms with van der Waals surface area (Å²) < 4.78 is 41.9. The van der Waals surface area contributed by atoms with Crippen LogP contribution >= 0.6 is 21.6 Å². The van der Waals surface area contributed by atoms with Crippen molar-refractivity contribution in [3.63, 3.8) is 0 Å². The summed E-state index contributed by atoms with van der Waals surface area (Å²) in [7, 11) is 1.16. The number of nitrogens with zero attached hydrogens (tertiary/aromatic N) is 1. The summed E-state index contributed by atoms with van der Waals surface area (Å²) in [4.78, 5) is 24.8. The lowest BCUT2D eigenvalue weighted by molar-refractivity contribution is 0.0640. The van der Waals surface area contributed by atoms with Gasteiger partial charge in [0.1, 0.15) is 16.2 Å². The predicted molar refractivity (Wildman–Crippen MR) is 76.2 cm³/mol. The van der Waals surface area contributed by atoms with Crippen molar-refractivity contribution in [3.8, 4) is 0 Å². The van der Waals surface area contributed by atoms with Crippen molar-refractivity contribution < 1.29 is 33.0 Å². The van der Waals surface area contributed by atoms with Gasteiger partial charge in [-0.05, 0) is 33.7 Å². The zero-order valence-electron chi connectivity index (χ0n) is 10.9. The van der Waals surface area contributed by atoms with Crippen molar-refractivity contribution in [2.75, 3.05) is 0 Å². The lowest BCUT2D eigenvalue weighted by atomic mass is 10.1. The molecule has 0 aliphatic carbocycles. The molecule has 0 aliphatic rings. The van der Waals surface area contributed by atoms with Crippen molar-refractivity contribution in [1.29, 1.82) is 0 Å². The second-order valence-corrected chi connectivity index (χ2v) is 6.13. The maximum absolute atomic E-state index is 14.2. The molecule has 5 nitrogen and oxygen atoms in total. The van der Waals surface area contributed by atoms with Crippen LogP contribution in [0, 0.1) is 17.5 Å². The maximum atomic E-state index is 14.2. The zero-order valence-corrected chi connectivity index (χ0v) is 12.6. The smallest absolute Gasteiger partial charge is 0.339 e. The van der Waals surface area contributed by atoms with Crippen LogP contribution in [-0.4, -0.2) is 27.1 Å². The van der Waals surface area contributed by atoms with Crippen LogP contribution in [0.1, 0.15) is 20.7 Å². The summed E-state index contributed by atoms with van der Waals surface area (Å²) in [5.74, 6) is -9.43. The molecule has 0 radical (unpaired) electrons. The Morgan fingerprint density at radius 3 is 2.04 bits per heavy atom. The van der Waals surface area contributed by atoms with Crippen molar-refractivity contribution in [2.24, 2.45) is 0 Å². The number of pyridine rings is 1. The molecule has 120 valence electrons. The minimum atomic E-state index is -2.08. The largest absolute Gasteiger partial charge is 0.478 e. The van der Waals surface area contributed by atoms with Crippen LogP contribution in [0.4, 0.5) is 13.2 Å². The number of carboxylic acids is 2. The Kier molecular flexibility index (Phi) is 5.16. The van der Waals surface area contributed by atoms with Gasteiger partial charge in [0.25, 0.3) is 0 Å². The van der Waals surface area contributed by atoms with Crippen LogP contribution < -0.4 is 0 Å². The lowest BCUT2D eigenvalue weighted by Crippen LogP contribution is -2.16. The number of halogens is 3. The van der Waals surface area contributed by atoms with Gasteiger partial charge in [-0.1, -0.05) is 6.07 Å². The minimum absolute atomic E-state index is 0.343. The standard InChI is InChI=1S/C13H6F3NO4S2/c14-8-6(12(18)19)7(13(20)21)9(15)11(10(8)16)23-22-5-3-1-2-4-17-5/h1-4H,(H,18,19)(H,20,21). The van der Waals surface area contributed by atoms with Crippen LogP contribution in [0.3, 0.4) is 0 Å². The molecule has 0 spiro atoms. The molecule has 1 aromatic heterocycles. The highest BCUT2D eigenvalue weighted by Crippen LogP contribution is 2.41. The van der Waals surface area contributed by atoms with Gasteiger partial charge in [-0.3, -0.25) is 0 Å². The second kappa shape index (κ2) is 6.92. The lowest BCUT2D eigenvalue weighted by Gasteiger charge is -2.10. The Morgan fingerprint density at radius 1 is 0.913 bits per heavy atom. The van der Waals surface area contributed by atoms with E-state index in [1.807, 2.05) is 0 Å². The monoisotopic (exact) mass is 361 g/mol. The Bertz CT molecular complexity index is 787. The average molecular weight is 361 g/mol. The zero-order chi connectivity index (χ0) is 17.1. The van der Waals surface area contributed by atoms with E-state index in [9.17, 15) is 22.8 Å². The molecule has 2 rings (SSSR count). The van der Waals surface area contributed by atoms with E-state index in [1.165, 1.54) is 12.3 Å². The summed E-state index contributed by atoms with van der Waals surface area (Å²) in [6.45, 7) is 0. The fourth-order valence-corrected chi connectivity index (χ4v) is 3.58. The SMILES string of the molecule is O=C(O)c1c(F)c(F)c(SSc2ccccn2)c(F)c1C(=O)O. The number of carboxylic acid groups (broad SMARTS) is 2. The fourth-order valence-electron chi connectivity index (χ4n) is 1.59. The first kappa shape index (κ1) is 17.2. The molecule has 0 amide bonds. The Hall–Kier alpha value is -2.20. The van der Waals surface area contributed by atoms with Crippen molar-refractivity contribution in [2.45, 2.75) is 9.92 Å². The average Bonchev–Trinajstić information content (AvgIpc) is 2.50. The van der Waals surface area contributed by atoms with Crippen molar-refractivity contribution in [3.05, 3.63) is 53.0 Å². The molecule has 0 aliphatic heterocycles. The molecule has 23 heavy (non-hydrogen) atoms. The first-order chi connectivity index (χ1) is 10.8. The normalized spacial score (nSPS) is 10.6. The topological polar surface area (TPSA) is 87.5 Å². The third-order valence-corrected chi connectivity index (χ3v) is 4.84. The molecule has 0 bridgehead atoms. The van der Waals surface area contributed by atoms with E-state index < -0.39 is 45.4 Å². The van der Waals surface area contributed by atoms with Gasteiger partial charge >= 0.3 is 11.9 Å². The first-order valence-electron chi connectivity index (χ1n) is 5.77. The van der Waals surface area contributed by atoms with Gasteiger partial charge in [0, 0.05) is 6.20 Å². The second-order valence-electron chi connectivity index (χ2n) is 3.97. The van der Waals surface area contributed by atoms with Gasteiger partial charge in [0.05, 0.1) is 4.90 Å². The number of benzene rings is 1. The third-order valence-electron chi connectivity index (χ3n) is 2.56. The van der Waals surface area contributed by atoms with E-state index in [1.54, 1.807) is 12.1 Å². The van der Waals surface area contributed by atoms with Crippen LogP contribution in [0.25, 0.3) is 0 Å². The molecule has 1 heterocycles. The first-order valence-corrected chi connectivity index (χ1v) is 7.92. The Labute approximate surface area is 134 Å². The van der Waals surface area contributed by atoms with E-state index in [-0.39, 0.29) is 0 Å². The highest BCUT2D eigenvalue weighted by molar-refractivity contribution is 8.76. The number of aromatic nitrogens is 1. The van der Waals surface area contributed by atoms with E-state index in [0.717, 1.165) is 10.8 Å². The summed E-state index contributed by atoms with van der Waals surface area (Å²) in [5.41, 5.74) is -2.99. The highest BCUT2D eigenvalue weighted by Gasteiger charge is 2.32. The molecular weight excluding hydrogens is 355 g/mol. The Balaban J connectivity index is 2.52. The highest BCUT2D eigenvalue weighted by atomic mass is 33.1. The van der Waals surface area contributed by atoms with E-state index in [2.05, 4.69) is 4.98 Å². The Morgan fingerprint density at radius 2 is 1.52 bits per heavy atom. The van der Waals surface area contributed by atoms with Gasteiger partial charge in [-0.2, -0.15) is 0 Å². The van der Waals surface area contributed by atoms with E-state index in [4.69, 9.17) is 10.2 Å². The van der Waals surface area contributed by atoms with Crippen LogP contribution in [0.5, 0.6) is 0 Å². The van der Waals surface area contributed by atoms with Crippen LogP contribution in [-0.2, 0) is 0 Å². The van der Waals surface area contributed by atoms with Crippen molar-refractivity contribution in [1.82, 2.24) is 4.98 Å². The van der Waals surface area contributed by atoms with E-state index in [0.29, 0.717) is 15.8 Å². The maximum Gasteiger partial charge on any atom is 0.339 e. The number of hydrogen-bond donors (Lipinski definition) is 2. The fraction of sp³-hybridized carbons (Fsp3) is 0. The molecule has 0 saturated heterocycles. The molecule has 0 unspecified atom stereocenters.